The largest absolute Gasteiger partial charge is 0.357 e. The Labute approximate surface area is 101 Å². The molecule has 0 atom stereocenters. The molecule has 0 unspecified atom stereocenters. The summed E-state index contributed by atoms with van der Waals surface area (Å²) in [6.45, 7) is 7.22. The third-order valence-corrected chi connectivity index (χ3v) is 2.77. The molecule has 0 aromatic heterocycles. The lowest BCUT2D eigenvalue weighted by Gasteiger charge is -2.22. The Balaban J connectivity index is 3.16. The lowest BCUT2D eigenvalue weighted by molar-refractivity contribution is -0.384. The van der Waals surface area contributed by atoms with Gasteiger partial charge < -0.3 is 4.90 Å². The third kappa shape index (κ3) is 2.81. The Morgan fingerprint density at radius 2 is 2.00 bits per heavy atom. The molecule has 0 saturated carbocycles. The van der Waals surface area contributed by atoms with Gasteiger partial charge in [0.15, 0.2) is 0 Å². The Hall–Kier alpha value is -1.91. The smallest absolute Gasteiger partial charge is 0.270 e. The van der Waals surface area contributed by atoms with Crippen LogP contribution in [0.4, 0.5) is 5.69 Å². The maximum atomic E-state index is 10.7. The van der Waals surface area contributed by atoms with Crippen molar-refractivity contribution in [1.82, 2.24) is 4.90 Å². The topological polar surface area (TPSA) is 70.2 Å². The second-order valence-corrected chi connectivity index (χ2v) is 3.78. The lowest BCUT2D eigenvalue weighted by Crippen LogP contribution is -2.31. The van der Waals surface area contributed by atoms with Gasteiger partial charge in [-0.3, -0.25) is 15.5 Å². The summed E-state index contributed by atoms with van der Waals surface area (Å²) in [6, 6.07) is 4.62. The van der Waals surface area contributed by atoms with Gasteiger partial charge >= 0.3 is 0 Å². The fourth-order valence-corrected chi connectivity index (χ4v) is 1.69. The molecule has 0 aliphatic heterocycles. The predicted octanol–water partition coefficient (Wildman–Crippen LogP) is 2.57. The number of benzene rings is 1. The molecule has 92 valence electrons. The summed E-state index contributed by atoms with van der Waals surface area (Å²) in [5.41, 5.74) is 1.54. The number of hydrogen-bond donors (Lipinski definition) is 1. The van der Waals surface area contributed by atoms with E-state index in [0.29, 0.717) is 11.4 Å². The van der Waals surface area contributed by atoms with Crippen LogP contribution in [0.3, 0.4) is 0 Å². The normalized spacial score (nSPS) is 10.1. The van der Waals surface area contributed by atoms with Crippen molar-refractivity contribution in [2.24, 2.45) is 0 Å². The Morgan fingerprint density at radius 3 is 2.47 bits per heavy atom. The maximum absolute atomic E-state index is 10.7. The molecule has 17 heavy (non-hydrogen) atoms. The molecule has 0 radical (unpaired) electrons. The van der Waals surface area contributed by atoms with Crippen LogP contribution < -0.4 is 0 Å². The van der Waals surface area contributed by atoms with Gasteiger partial charge in [0, 0.05) is 30.8 Å². The Kier molecular flexibility index (Phi) is 4.20. The lowest BCUT2D eigenvalue weighted by atomic mass is 10.1. The quantitative estimate of drug-likeness (QED) is 0.377. The van der Waals surface area contributed by atoms with Gasteiger partial charge in [-0.15, -0.1) is 0 Å². The van der Waals surface area contributed by atoms with E-state index < -0.39 is 4.92 Å². The van der Waals surface area contributed by atoms with E-state index in [0.717, 1.165) is 18.7 Å². The highest BCUT2D eigenvalue weighted by Gasteiger charge is 2.15. The molecule has 1 aromatic rings. The molecule has 0 aliphatic carbocycles. The summed E-state index contributed by atoms with van der Waals surface area (Å²) < 4.78 is 0. The second-order valence-electron chi connectivity index (χ2n) is 3.78. The molecule has 0 saturated heterocycles. The van der Waals surface area contributed by atoms with Crippen molar-refractivity contribution in [2.45, 2.75) is 20.8 Å². The van der Waals surface area contributed by atoms with Crippen LogP contribution in [0.2, 0.25) is 0 Å². The van der Waals surface area contributed by atoms with Gasteiger partial charge in [0.2, 0.25) is 0 Å². The van der Waals surface area contributed by atoms with Crippen molar-refractivity contribution < 1.29 is 4.92 Å². The van der Waals surface area contributed by atoms with Crippen molar-refractivity contribution in [3.05, 3.63) is 39.4 Å². The van der Waals surface area contributed by atoms with E-state index in [9.17, 15) is 10.1 Å². The minimum absolute atomic E-state index is 0.0301. The number of hydrogen-bond acceptors (Lipinski definition) is 3. The number of nitro groups is 1. The van der Waals surface area contributed by atoms with Crippen molar-refractivity contribution in [2.75, 3.05) is 13.1 Å². The van der Waals surface area contributed by atoms with Crippen LogP contribution in [0.15, 0.2) is 18.2 Å². The number of amidine groups is 1. The van der Waals surface area contributed by atoms with Crippen LogP contribution in [0.25, 0.3) is 0 Å². The van der Waals surface area contributed by atoms with Gasteiger partial charge in [-0.1, -0.05) is 6.07 Å². The maximum Gasteiger partial charge on any atom is 0.270 e. The van der Waals surface area contributed by atoms with E-state index in [1.54, 1.807) is 6.07 Å². The third-order valence-electron chi connectivity index (χ3n) is 2.77. The van der Waals surface area contributed by atoms with Crippen molar-refractivity contribution in [3.8, 4) is 0 Å². The highest BCUT2D eigenvalue weighted by atomic mass is 16.6. The van der Waals surface area contributed by atoms with Gasteiger partial charge in [0.05, 0.1) is 4.92 Å². The molecule has 1 aromatic carbocycles. The summed E-state index contributed by atoms with van der Waals surface area (Å²) in [6.07, 6.45) is 0. The molecule has 0 amide bonds. The van der Waals surface area contributed by atoms with Crippen molar-refractivity contribution >= 4 is 11.5 Å². The van der Waals surface area contributed by atoms with Gasteiger partial charge in [0.25, 0.3) is 5.69 Å². The Morgan fingerprint density at radius 1 is 1.41 bits per heavy atom. The highest BCUT2D eigenvalue weighted by molar-refractivity contribution is 5.98. The summed E-state index contributed by atoms with van der Waals surface area (Å²) in [7, 11) is 0. The van der Waals surface area contributed by atoms with Crippen LogP contribution >= 0.6 is 0 Å². The van der Waals surface area contributed by atoms with Crippen LogP contribution in [-0.2, 0) is 0 Å². The average molecular weight is 235 g/mol. The molecule has 0 heterocycles. The predicted molar refractivity (Wildman–Crippen MR) is 67.6 cm³/mol. The van der Waals surface area contributed by atoms with Crippen LogP contribution in [0.5, 0.6) is 0 Å². The van der Waals surface area contributed by atoms with E-state index in [4.69, 9.17) is 5.41 Å². The van der Waals surface area contributed by atoms with E-state index >= 15 is 0 Å². The molecular formula is C12H17N3O2. The molecule has 1 rings (SSSR count). The summed E-state index contributed by atoms with van der Waals surface area (Å²) in [4.78, 5) is 12.2. The van der Waals surface area contributed by atoms with Crippen LogP contribution in [-0.4, -0.2) is 28.7 Å². The molecular weight excluding hydrogens is 218 g/mol. The van der Waals surface area contributed by atoms with Crippen molar-refractivity contribution in [3.63, 3.8) is 0 Å². The zero-order valence-corrected chi connectivity index (χ0v) is 10.4. The molecule has 0 fully saturated rings. The molecule has 5 nitrogen and oxygen atoms in total. The monoisotopic (exact) mass is 235 g/mol. The van der Waals surface area contributed by atoms with Gasteiger partial charge in [-0.05, 0) is 26.3 Å². The highest BCUT2D eigenvalue weighted by Crippen LogP contribution is 2.18. The average Bonchev–Trinajstić information content (AvgIpc) is 2.30. The van der Waals surface area contributed by atoms with Crippen LogP contribution in [0.1, 0.15) is 25.0 Å². The summed E-state index contributed by atoms with van der Waals surface area (Å²) in [5.74, 6) is 0.344. The second kappa shape index (κ2) is 5.43. The first-order valence-corrected chi connectivity index (χ1v) is 5.60. The number of nitro benzene ring substituents is 1. The first kappa shape index (κ1) is 13.2. The van der Waals surface area contributed by atoms with Gasteiger partial charge in [-0.2, -0.15) is 0 Å². The van der Waals surface area contributed by atoms with E-state index in [1.807, 2.05) is 25.7 Å². The fraction of sp³-hybridized carbons (Fsp3) is 0.417. The SMILES string of the molecule is CCN(CC)C(=N)c1cc([N+](=O)[O-])ccc1C. The number of aryl methyl sites for hydroxylation is 1. The van der Waals surface area contributed by atoms with E-state index in [-0.39, 0.29) is 5.69 Å². The number of nitrogens with one attached hydrogen (secondary N) is 1. The minimum Gasteiger partial charge on any atom is -0.357 e. The minimum atomic E-state index is -0.432. The molecule has 0 bridgehead atoms. The number of nitrogens with zero attached hydrogens (tertiary/aromatic N) is 2. The molecule has 5 heteroatoms. The summed E-state index contributed by atoms with van der Waals surface area (Å²) in [5, 5.41) is 18.8. The van der Waals surface area contributed by atoms with Gasteiger partial charge in [-0.25, -0.2) is 0 Å². The van der Waals surface area contributed by atoms with E-state index in [1.165, 1.54) is 12.1 Å². The zero-order valence-electron chi connectivity index (χ0n) is 10.4. The van der Waals surface area contributed by atoms with Crippen LogP contribution in [0, 0.1) is 22.4 Å². The fourth-order valence-electron chi connectivity index (χ4n) is 1.69. The first-order valence-electron chi connectivity index (χ1n) is 5.60. The number of rotatable bonds is 4. The summed E-state index contributed by atoms with van der Waals surface area (Å²) >= 11 is 0. The van der Waals surface area contributed by atoms with Gasteiger partial charge in [0.1, 0.15) is 5.84 Å². The molecule has 0 aliphatic rings. The standard InChI is InChI=1S/C12H17N3O2/c1-4-14(5-2)12(13)11-8-10(15(16)17)7-6-9(11)3/h6-8,13H,4-5H2,1-3H3. The number of non-ortho nitro benzene ring substituents is 1. The van der Waals surface area contributed by atoms with E-state index in [2.05, 4.69) is 0 Å². The molecule has 0 spiro atoms. The molecule has 1 N–H and O–H groups in total. The zero-order chi connectivity index (χ0) is 13.0. The first-order chi connectivity index (χ1) is 8.01. The van der Waals surface area contributed by atoms with Crippen molar-refractivity contribution in [1.29, 1.82) is 5.41 Å². The Bertz CT molecular complexity index is 439.